The van der Waals surface area contributed by atoms with Crippen molar-refractivity contribution in [2.24, 2.45) is 5.73 Å². The number of carbonyl (C=O) groups excluding carboxylic acids is 1. The molecule has 2 atom stereocenters. The minimum atomic E-state index is -3.30. The van der Waals surface area contributed by atoms with Gasteiger partial charge < -0.3 is 15.7 Å². The Hall–Kier alpha value is -1.15. The lowest BCUT2D eigenvalue weighted by Gasteiger charge is -2.39. The summed E-state index contributed by atoms with van der Waals surface area (Å²) < 4.78 is 23.2. The highest BCUT2D eigenvalue weighted by atomic mass is 32.2. The van der Waals surface area contributed by atoms with E-state index in [0.29, 0.717) is 12.8 Å². The van der Waals surface area contributed by atoms with Crippen LogP contribution in [0.5, 0.6) is 0 Å². The van der Waals surface area contributed by atoms with E-state index in [1.807, 2.05) is 6.92 Å². The first-order chi connectivity index (χ1) is 9.09. The standard InChI is InChI=1S/C12H22N2O5S/c1-3-4-12(2,13)11(17)14-5-6-20(18,19)8-9(14)7-10(15)16/h9H,3-8,13H2,1-2H3,(H,15,16). The van der Waals surface area contributed by atoms with Gasteiger partial charge in [0.2, 0.25) is 5.91 Å². The first kappa shape index (κ1) is 16.9. The van der Waals surface area contributed by atoms with E-state index >= 15 is 0 Å². The number of rotatable bonds is 5. The number of nitrogens with two attached hydrogens (primary N) is 1. The number of amides is 1. The zero-order valence-electron chi connectivity index (χ0n) is 11.8. The minimum absolute atomic E-state index is 0.00954. The molecule has 0 bridgehead atoms. The summed E-state index contributed by atoms with van der Waals surface area (Å²) >= 11 is 0. The maximum atomic E-state index is 12.4. The molecule has 0 aromatic rings. The van der Waals surface area contributed by atoms with Crippen LogP contribution in [0.3, 0.4) is 0 Å². The van der Waals surface area contributed by atoms with E-state index in [1.54, 1.807) is 6.92 Å². The lowest BCUT2D eigenvalue weighted by Crippen LogP contribution is -2.60. The highest BCUT2D eigenvalue weighted by Crippen LogP contribution is 2.21. The molecule has 3 N–H and O–H groups in total. The summed E-state index contributed by atoms with van der Waals surface area (Å²) in [4.78, 5) is 24.6. The third kappa shape index (κ3) is 4.17. The molecule has 20 heavy (non-hydrogen) atoms. The van der Waals surface area contributed by atoms with Crippen LogP contribution in [-0.4, -0.2) is 59.9 Å². The van der Waals surface area contributed by atoms with E-state index in [4.69, 9.17) is 10.8 Å². The van der Waals surface area contributed by atoms with E-state index in [2.05, 4.69) is 0 Å². The van der Waals surface area contributed by atoms with Crippen LogP contribution in [0.1, 0.15) is 33.1 Å². The van der Waals surface area contributed by atoms with E-state index in [9.17, 15) is 18.0 Å². The molecular formula is C12H22N2O5S. The molecule has 7 nitrogen and oxygen atoms in total. The van der Waals surface area contributed by atoms with Gasteiger partial charge in [-0.2, -0.15) is 0 Å². The lowest BCUT2D eigenvalue weighted by molar-refractivity contribution is -0.142. The van der Waals surface area contributed by atoms with E-state index in [0.717, 1.165) is 0 Å². The van der Waals surface area contributed by atoms with Crippen molar-refractivity contribution in [1.82, 2.24) is 4.90 Å². The number of carboxylic acids is 1. The van der Waals surface area contributed by atoms with Crippen LogP contribution >= 0.6 is 0 Å². The van der Waals surface area contributed by atoms with Crippen molar-refractivity contribution >= 4 is 21.7 Å². The maximum Gasteiger partial charge on any atom is 0.305 e. The fourth-order valence-corrected chi connectivity index (χ4v) is 4.00. The summed E-state index contributed by atoms with van der Waals surface area (Å²) in [6, 6.07) is -0.835. The molecule has 1 aliphatic rings. The van der Waals surface area contributed by atoms with Gasteiger partial charge in [0, 0.05) is 6.54 Å². The van der Waals surface area contributed by atoms with E-state index in [1.165, 1.54) is 4.90 Å². The molecule has 0 spiro atoms. The topological polar surface area (TPSA) is 118 Å². The number of carboxylic acid groups (broad SMARTS) is 1. The molecule has 116 valence electrons. The average Bonchev–Trinajstić information content (AvgIpc) is 2.26. The predicted molar refractivity (Wildman–Crippen MR) is 73.9 cm³/mol. The second-order valence-corrected chi connectivity index (χ2v) is 7.76. The molecule has 1 amide bonds. The molecule has 0 aromatic carbocycles. The zero-order valence-corrected chi connectivity index (χ0v) is 12.6. The van der Waals surface area contributed by atoms with Gasteiger partial charge in [0.25, 0.3) is 0 Å². The summed E-state index contributed by atoms with van der Waals surface area (Å²) in [7, 11) is -3.30. The van der Waals surface area contributed by atoms with Gasteiger partial charge in [-0.25, -0.2) is 8.42 Å². The number of aliphatic carboxylic acids is 1. The Labute approximate surface area is 119 Å². The van der Waals surface area contributed by atoms with Gasteiger partial charge in [-0.05, 0) is 13.3 Å². The normalized spacial score (nSPS) is 24.9. The molecule has 1 heterocycles. The molecule has 2 unspecified atom stereocenters. The Morgan fingerprint density at radius 2 is 2.05 bits per heavy atom. The second-order valence-electron chi connectivity index (χ2n) is 5.53. The van der Waals surface area contributed by atoms with Crippen LogP contribution in [-0.2, 0) is 19.4 Å². The number of carbonyl (C=O) groups is 2. The van der Waals surface area contributed by atoms with Crippen LogP contribution in [0.25, 0.3) is 0 Å². The smallest absolute Gasteiger partial charge is 0.305 e. The molecule has 0 aliphatic carbocycles. The minimum Gasteiger partial charge on any atom is -0.481 e. The monoisotopic (exact) mass is 306 g/mol. The van der Waals surface area contributed by atoms with Gasteiger partial charge >= 0.3 is 5.97 Å². The molecule has 8 heteroatoms. The third-order valence-electron chi connectivity index (χ3n) is 3.46. The lowest BCUT2D eigenvalue weighted by atomic mass is 9.94. The summed E-state index contributed by atoms with van der Waals surface area (Å²) in [5, 5.41) is 8.88. The van der Waals surface area contributed by atoms with Crippen molar-refractivity contribution in [3.8, 4) is 0 Å². The number of hydrogen-bond donors (Lipinski definition) is 2. The van der Waals surface area contributed by atoms with Crippen LogP contribution in [0.15, 0.2) is 0 Å². The molecule has 0 aromatic heterocycles. The molecule has 1 fully saturated rings. The summed E-state index contributed by atoms with van der Waals surface area (Å²) in [6.07, 6.45) is 0.802. The second kappa shape index (κ2) is 6.09. The fraction of sp³-hybridized carbons (Fsp3) is 0.833. The Balaban J connectivity index is 2.95. The van der Waals surface area contributed by atoms with Gasteiger partial charge in [-0.15, -0.1) is 0 Å². The number of sulfone groups is 1. The van der Waals surface area contributed by atoms with Crippen LogP contribution in [0.2, 0.25) is 0 Å². The zero-order chi connectivity index (χ0) is 15.6. The van der Waals surface area contributed by atoms with Crippen molar-refractivity contribution in [3.63, 3.8) is 0 Å². The van der Waals surface area contributed by atoms with Crippen LogP contribution < -0.4 is 5.73 Å². The first-order valence-corrected chi connectivity index (χ1v) is 8.43. The maximum absolute atomic E-state index is 12.4. The first-order valence-electron chi connectivity index (χ1n) is 6.61. The van der Waals surface area contributed by atoms with Crippen molar-refractivity contribution in [2.75, 3.05) is 18.1 Å². The van der Waals surface area contributed by atoms with Gasteiger partial charge in [0.1, 0.15) is 0 Å². The van der Waals surface area contributed by atoms with Gasteiger partial charge in [0.15, 0.2) is 9.84 Å². The summed E-state index contributed by atoms with van der Waals surface area (Å²) in [5.41, 5.74) is 4.88. The van der Waals surface area contributed by atoms with Gasteiger partial charge in [-0.3, -0.25) is 9.59 Å². The van der Waals surface area contributed by atoms with E-state index < -0.39 is 27.4 Å². The number of hydrogen-bond acceptors (Lipinski definition) is 5. The van der Waals surface area contributed by atoms with Gasteiger partial charge in [-0.1, -0.05) is 13.3 Å². The SMILES string of the molecule is CCCC(C)(N)C(=O)N1CCS(=O)(=O)CC1CC(=O)O. The molecule has 1 rings (SSSR count). The molecule has 0 radical (unpaired) electrons. The molecular weight excluding hydrogens is 284 g/mol. The van der Waals surface area contributed by atoms with E-state index in [-0.39, 0.29) is 30.4 Å². The molecule has 1 aliphatic heterocycles. The Kier molecular flexibility index (Phi) is 5.15. The summed E-state index contributed by atoms with van der Waals surface area (Å²) in [6.45, 7) is 3.50. The summed E-state index contributed by atoms with van der Waals surface area (Å²) in [5.74, 6) is -1.95. The highest BCUT2D eigenvalue weighted by Gasteiger charge is 2.40. The Morgan fingerprint density at radius 1 is 1.45 bits per heavy atom. The number of nitrogens with zero attached hydrogens (tertiary/aromatic N) is 1. The van der Waals surface area contributed by atoms with Crippen molar-refractivity contribution in [2.45, 2.75) is 44.7 Å². The fourth-order valence-electron chi connectivity index (χ4n) is 2.48. The van der Waals surface area contributed by atoms with Gasteiger partial charge in [0.05, 0.1) is 29.5 Å². The third-order valence-corrected chi connectivity index (χ3v) is 5.16. The quantitative estimate of drug-likeness (QED) is 0.714. The van der Waals surface area contributed by atoms with Crippen LogP contribution in [0.4, 0.5) is 0 Å². The Bertz CT molecular complexity index is 486. The highest BCUT2D eigenvalue weighted by molar-refractivity contribution is 7.91. The van der Waals surface area contributed by atoms with Crippen molar-refractivity contribution in [1.29, 1.82) is 0 Å². The Morgan fingerprint density at radius 3 is 2.55 bits per heavy atom. The van der Waals surface area contributed by atoms with Crippen molar-refractivity contribution in [3.05, 3.63) is 0 Å². The van der Waals surface area contributed by atoms with Crippen LogP contribution in [0, 0.1) is 0 Å². The molecule has 1 saturated heterocycles. The average molecular weight is 306 g/mol. The largest absolute Gasteiger partial charge is 0.481 e. The predicted octanol–water partition coefficient (Wildman–Crippen LogP) is -0.396. The van der Waals surface area contributed by atoms with Crippen molar-refractivity contribution < 1.29 is 23.1 Å². The molecule has 0 saturated carbocycles.